The predicted octanol–water partition coefficient (Wildman–Crippen LogP) is 1.84. The van der Waals surface area contributed by atoms with E-state index in [1.54, 1.807) is 0 Å². The maximum Gasteiger partial charge on any atom is 0.346 e. The topological polar surface area (TPSA) is 37.3 Å². The molecule has 0 saturated carbocycles. The van der Waals surface area contributed by atoms with E-state index >= 15 is 0 Å². The van der Waals surface area contributed by atoms with Crippen LogP contribution in [0.2, 0.25) is 0 Å². The van der Waals surface area contributed by atoms with Crippen molar-refractivity contribution in [2.24, 2.45) is 5.92 Å². The van der Waals surface area contributed by atoms with Gasteiger partial charge >= 0.3 is 5.97 Å². The lowest BCUT2D eigenvalue weighted by atomic mass is 9.87. The molecule has 0 aromatic carbocycles. The van der Waals surface area contributed by atoms with Gasteiger partial charge in [0.05, 0.1) is 0 Å². The predicted molar refractivity (Wildman–Crippen MR) is 39.0 cm³/mol. The van der Waals surface area contributed by atoms with Gasteiger partial charge < -0.3 is 5.11 Å². The van der Waals surface area contributed by atoms with E-state index in [2.05, 4.69) is 0 Å². The fourth-order valence-corrected chi connectivity index (χ4v) is 1.01. The van der Waals surface area contributed by atoms with Crippen molar-refractivity contribution >= 4 is 5.97 Å². The summed E-state index contributed by atoms with van der Waals surface area (Å²) in [5.74, 6) is -3.35. The summed E-state index contributed by atoms with van der Waals surface area (Å²) >= 11 is 0. The van der Waals surface area contributed by atoms with Gasteiger partial charge in [0.2, 0.25) is 5.67 Å². The zero-order valence-corrected chi connectivity index (χ0v) is 6.42. The van der Waals surface area contributed by atoms with Crippen molar-refractivity contribution in [3.05, 3.63) is 24.1 Å². The Morgan fingerprint density at radius 1 is 1.75 bits per heavy atom. The Bertz CT molecular complexity index is 270. The van der Waals surface area contributed by atoms with Gasteiger partial charge in [0.1, 0.15) is 5.83 Å². The molecule has 1 aliphatic carbocycles. The minimum absolute atomic E-state index is 0.486. The zero-order chi connectivity index (χ0) is 9.35. The third kappa shape index (κ3) is 1.24. The molecule has 1 N–H and O–H groups in total. The van der Waals surface area contributed by atoms with Gasteiger partial charge in [-0.2, -0.15) is 0 Å². The lowest BCUT2D eigenvalue weighted by Gasteiger charge is -2.23. The molecule has 0 radical (unpaired) electrons. The van der Waals surface area contributed by atoms with Gasteiger partial charge in [-0.3, -0.25) is 0 Å². The second kappa shape index (κ2) is 2.69. The van der Waals surface area contributed by atoms with Gasteiger partial charge in [-0.1, -0.05) is 13.0 Å². The number of carboxylic acid groups (broad SMARTS) is 1. The van der Waals surface area contributed by atoms with E-state index in [1.807, 2.05) is 0 Å². The summed E-state index contributed by atoms with van der Waals surface area (Å²) in [6.45, 7) is 1.38. The maximum absolute atomic E-state index is 13.4. The molecule has 0 saturated heterocycles. The van der Waals surface area contributed by atoms with Gasteiger partial charge in [-0.05, 0) is 6.08 Å². The van der Waals surface area contributed by atoms with Gasteiger partial charge in [-0.15, -0.1) is 0 Å². The Morgan fingerprint density at radius 2 is 2.33 bits per heavy atom. The van der Waals surface area contributed by atoms with Crippen LogP contribution in [0, 0.1) is 5.92 Å². The van der Waals surface area contributed by atoms with Crippen LogP contribution in [0.5, 0.6) is 0 Å². The number of rotatable bonds is 1. The van der Waals surface area contributed by atoms with Crippen molar-refractivity contribution in [3.8, 4) is 0 Å². The molecule has 1 aliphatic rings. The average molecular weight is 174 g/mol. The second-order valence-corrected chi connectivity index (χ2v) is 2.75. The standard InChI is InChI=1S/C8H8F2O2/c1-5-2-3-6(9)4-8(5,10)7(11)12/h2-5H,1H3,(H,11,12). The summed E-state index contributed by atoms with van der Waals surface area (Å²) in [4.78, 5) is 10.4. The van der Waals surface area contributed by atoms with Crippen LogP contribution in [-0.2, 0) is 4.79 Å². The number of carboxylic acids is 1. The minimum Gasteiger partial charge on any atom is -0.479 e. The summed E-state index contributed by atoms with van der Waals surface area (Å²) < 4.78 is 25.9. The van der Waals surface area contributed by atoms with Crippen LogP contribution in [0.1, 0.15) is 6.92 Å². The SMILES string of the molecule is CC1C=CC(F)=CC1(F)C(=O)O. The molecule has 0 bridgehead atoms. The third-order valence-electron chi connectivity index (χ3n) is 1.88. The fourth-order valence-electron chi connectivity index (χ4n) is 1.01. The highest BCUT2D eigenvalue weighted by molar-refractivity contribution is 5.81. The second-order valence-electron chi connectivity index (χ2n) is 2.75. The molecule has 0 aromatic heterocycles. The average Bonchev–Trinajstić information content (AvgIpc) is 1.97. The summed E-state index contributed by atoms with van der Waals surface area (Å²) in [5, 5.41) is 8.47. The molecule has 0 heterocycles. The van der Waals surface area contributed by atoms with E-state index in [0.29, 0.717) is 6.08 Å². The van der Waals surface area contributed by atoms with Crippen molar-refractivity contribution in [2.75, 3.05) is 0 Å². The molecule has 0 aliphatic heterocycles. The van der Waals surface area contributed by atoms with Gasteiger partial charge in [0.15, 0.2) is 0 Å². The largest absolute Gasteiger partial charge is 0.479 e. The molecule has 0 amide bonds. The van der Waals surface area contributed by atoms with Crippen LogP contribution in [0.25, 0.3) is 0 Å². The zero-order valence-electron chi connectivity index (χ0n) is 6.42. The lowest BCUT2D eigenvalue weighted by molar-refractivity contribution is -0.149. The Labute approximate surface area is 68.2 Å². The van der Waals surface area contributed by atoms with Crippen molar-refractivity contribution in [3.63, 3.8) is 0 Å². The number of alkyl halides is 1. The number of carbonyl (C=O) groups is 1. The summed E-state index contributed by atoms with van der Waals surface area (Å²) in [5.41, 5.74) is -2.60. The van der Waals surface area contributed by atoms with E-state index in [1.165, 1.54) is 13.0 Å². The van der Waals surface area contributed by atoms with Crippen molar-refractivity contribution in [1.82, 2.24) is 0 Å². The lowest BCUT2D eigenvalue weighted by Crippen LogP contribution is -2.38. The van der Waals surface area contributed by atoms with E-state index in [4.69, 9.17) is 5.11 Å². The first-order chi connectivity index (χ1) is 5.47. The molecule has 0 aromatic rings. The first-order valence-electron chi connectivity index (χ1n) is 3.45. The van der Waals surface area contributed by atoms with Crippen molar-refractivity contribution in [2.45, 2.75) is 12.6 Å². The van der Waals surface area contributed by atoms with Crippen LogP contribution >= 0.6 is 0 Å². The van der Waals surface area contributed by atoms with Gasteiger partial charge in [0.25, 0.3) is 0 Å². The highest BCUT2D eigenvalue weighted by Gasteiger charge is 2.43. The Balaban J connectivity index is 3.05. The number of hydrogen-bond donors (Lipinski definition) is 1. The maximum atomic E-state index is 13.4. The van der Waals surface area contributed by atoms with E-state index < -0.39 is 23.4 Å². The minimum atomic E-state index is -2.60. The van der Waals surface area contributed by atoms with Gasteiger partial charge in [-0.25, -0.2) is 13.6 Å². The summed E-state index contributed by atoms with van der Waals surface area (Å²) in [7, 11) is 0. The molecule has 1 rings (SSSR count). The summed E-state index contributed by atoms with van der Waals surface area (Å²) in [6, 6.07) is 0. The quantitative estimate of drug-likeness (QED) is 0.658. The summed E-state index contributed by atoms with van der Waals surface area (Å²) in [6.07, 6.45) is 2.74. The molecule has 4 heteroatoms. The smallest absolute Gasteiger partial charge is 0.346 e. The number of allylic oxidation sites excluding steroid dienone is 3. The highest BCUT2D eigenvalue weighted by Crippen LogP contribution is 2.31. The van der Waals surface area contributed by atoms with Gasteiger partial charge in [0, 0.05) is 12.0 Å². The molecule has 2 unspecified atom stereocenters. The monoisotopic (exact) mass is 174 g/mol. The van der Waals surface area contributed by atoms with Crippen LogP contribution in [-0.4, -0.2) is 16.7 Å². The molecule has 12 heavy (non-hydrogen) atoms. The van der Waals surface area contributed by atoms with Crippen molar-refractivity contribution < 1.29 is 18.7 Å². The molecular formula is C8H8F2O2. The van der Waals surface area contributed by atoms with Crippen LogP contribution < -0.4 is 0 Å². The molecule has 0 spiro atoms. The third-order valence-corrected chi connectivity index (χ3v) is 1.88. The normalized spacial score (nSPS) is 34.6. The van der Waals surface area contributed by atoms with E-state index in [9.17, 15) is 13.6 Å². The Hall–Kier alpha value is -1.19. The Morgan fingerprint density at radius 3 is 2.75 bits per heavy atom. The number of hydrogen-bond acceptors (Lipinski definition) is 1. The van der Waals surface area contributed by atoms with Crippen LogP contribution in [0.15, 0.2) is 24.1 Å². The Kier molecular flexibility index (Phi) is 2.00. The first kappa shape index (κ1) is 8.90. The molecule has 66 valence electrons. The van der Waals surface area contributed by atoms with E-state index in [-0.39, 0.29) is 0 Å². The molecular weight excluding hydrogens is 166 g/mol. The van der Waals surface area contributed by atoms with Crippen LogP contribution in [0.4, 0.5) is 8.78 Å². The first-order valence-corrected chi connectivity index (χ1v) is 3.45. The molecule has 0 fully saturated rings. The van der Waals surface area contributed by atoms with Crippen LogP contribution in [0.3, 0.4) is 0 Å². The number of halogens is 2. The number of aliphatic carboxylic acids is 1. The van der Waals surface area contributed by atoms with E-state index in [0.717, 1.165) is 6.08 Å². The van der Waals surface area contributed by atoms with Crippen molar-refractivity contribution in [1.29, 1.82) is 0 Å². The highest BCUT2D eigenvalue weighted by atomic mass is 19.1. The molecule has 2 atom stereocenters. The fraction of sp³-hybridized carbons (Fsp3) is 0.375. The molecule has 2 nitrogen and oxygen atoms in total.